The first kappa shape index (κ1) is 19.8. The van der Waals surface area contributed by atoms with Gasteiger partial charge in [-0.3, -0.25) is 9.10 Å². The van der Waals surface area contributed by atoms with Crippen molar-refractivity contribution in [2.75, 3.05) is 23.7 Å². The van der Waals surface area contributed by atoms with Crippen LogP contribution >= 0.6 is 0 Å². The van der Waals surface area contributed by atoms with E-state index >= 15 is 0 Å². The maximum absolute atomic E-state index is 12.3. The number of carbonyl (C=O) groups excluding carboxylic acids is 1. The maximum Gasteiger partial charge on any atom is 0.251 e. The van der Waals surface area contributed by atoms with E-state index in [1.165, 1.54) is 4.31 Å². The highest BCUT2D eigenvalue weighted by molar-refractivity contribution is 7.92. The molecule has 1 N–H and O–H groups in total. The number of benzene rings is 2. The highest BCUT2D eigenvalue weighted by Crippen LogP contribution is 2.19. The zero-order valence-electron chi connectivity index (χ0n) is 15.2. The van der Waals surface area contributed by atoms with Gasteiger partial charge in [0.1, 0.15) is 5.75 Å². The van der Waals surface area contributed by atoms with Gasteiger partial charge in [-0.15, -0.1) is 0 Å². The van der Waals surface area contributed by atoms with Crippen LogP contribution in [-0.4, -0.2) is 33.7 Å². The third-order valence-corrected chi connectivity index (χ3v) is 5.89. The molecule has 0 aliphatic heterocycles. The van der Waals surface area contributed by atoms with Crippen LogP contribution in [0.2, 0.25) is 0 Å². The second kappa shape index (κ2) is 8.71. The highest BCUT2D eigenvalue weighted by atomic mass is 32.2. The number of nitrogens with zero attached hydrogens (tertiary/aromatic N) is 1. The number of hydrogen-bond acceptors (Lipinski definition) is 4. The van der Waals surface area contributed by atoms with Gasteiger partial charge >= 0.3 is 0 Å². The molecule has 0 fully saturated rings. The molecular weight excluding hydrogens is 352 g/mol. The minimum Gasteiger partial charge on any atom is -0.497 e. The Morgan fingerprint density at radius 3 is 2.15 bits per heavy atom. The average molecular weight is 376 g/mol. The van der Waals surface area contributed by atoms with E-state index in [1.807, 2.05) is 24.3 Å². The summed E-state index contributed by atoms with van der Waals surface area (Å²) in [6, 6.07) is 14.0. The molecule has 0 radical (unpaired) electrons. The summed E-state index contributed by atoms with van der Waals surface area (Å²) in [5, 5.41) is 2.85. The van der Waals surface area contributed by atoms with Crippen LogP contribution in [0.1, 0.15) is 29.8 Å². The topological polar surface area (TPSA) is 75.7 Å². The quantitative estimate of drug-likeness (QED) is 0.769. The number of ether oxygens (including phenoxy) is 1. The van der Waals surface area contributed by atoms with E-state index in [0.717, 1.165) is 11.3 Å². The van der Waals surface area contributed by atoms with Crippen molar-refractivity contribution >= 4 is 21.6 Å². The Kier molecular flexibility index (Phi) is 6.63. The predicted octanol–water partition coefficient (Wildman–Crippen LogP) is 2.80. The van der Waals surface area contributed by atoms with Crippen LogP contribution in [0, 0.1) is 0 Å². The molecule has 0 unspecified atom stereocenters. The zero-order valence-corrected chi connectivity index (χ0v) is 16.0. The molecule has 0 aromatic heterocycles. The molecule has 7 heteroatoms. The monoisotopic (exact) mass is 376 g/mol. The highest BCUT2D eigenvalue weighted by Gasteiger charge is 2.18. The van der Waals surface area contributed by atoms with Gasteiger partial charge < -0.3 is 10.1 Å². The van der Waals surface area contributed by atoms with E-state index in [-0.39, 0.29) is 11.7 Å². The van der Waals surface area contributed by atoms with Crippen molar-refractivity contribution in [3.05, 3.63) is 59.7 Å². The molecule has 0 bridgehead atoms. The Bertz CT molecular complexity index is 831. The van der Waals surface area contributed by atoms with Gasteiger partial charge in [-0.05, 0) is 55.8 Å². The SMILES string of the molecule is CCN(c1ccc(C(=O)NCc2ccc(OC)cc2)cc1)S(=O)(=O)CC. The van der Waals surface area contributed by atoms with E-state index in [9.17, 15) is 13.2 Å². The number of hydrogen-bond donors (Lipinski definition) is 1. The van der Waals surface area contributed by atoms with Crippen molar-refractivity contribution in [3.63, 3.8) is 0 Å². The Hall–Kier alpha value is -2.54. The minimum atomic E-state index is -3.33. The number of rotatable bonds is 8. The van der Waals surface area contributed by atoms with E-state index in [2.05, 4.69) is 5.32 Å². The fourth-order valence-corrected chi connectivity index (χ4v) is 3.65. The molecule has 0 aliphatic rings. The predicted molar refractivity (Wildman–Crippen MR) is 103 cm³/mol. The third-order valence-electron chi connectivity index (χ3n) is 4.02. The van der Waals surface area contributed by atoms with Crippen LogP contribution in [0.5, 0.6) is 5.75 Å². The van der Waals surface area contributed by atoms with Crippen LogP contribution < -0.4 is 14.4 Å². The standard InChI is InChI=1S/C19H24N2O4S/c1-4-21(26(23,24)5-2)17-10-8-16(9-11-17)19(22)20-14-15-6-12-18(25-3)13-7-15/h6-13H,4-5,14H2,1-3H3,(H,20,22). The molecule has 2 aromatic rings. The summed E-state index contributed by atoms with van der Waals surface area (Å²) in [6.45, 7) is 4.14. The largest absolute Gasteiger partial charge is 0.497 e. The second-order valence-corrected chi connectivity index (χ2v) is 7.82. The van der Waals surface area contributed by atoms with Gasteiger partial charge in [-0.2, -0.15) is 0 Å². The summed E-state index contributed by atoms with van der Waals surface area (Å²) < 4.78 is 30.6. The fourth-order valence-electron chi connectivity index (χ4n) is 2.50. The van der Waals surface area contributed by atoms with Crippen molar-refractivity contribution < 1.29 is 17.9 Å². The van der Waals surface area contributed by atoms with Crippen LogP contribution in [0.3, 0.4) is 0 Å². The Morgan fingerprint density at radius 2 is 1.65 bits per heavy atom. The molecule has 140 valence electrons. The first-order chi connectivity index (χ1) is 12.4. The summed E-state index contributed by atoms with van der Waals surface area (Å²) in [7, 11) is -1.72. The van der Waals surface area contributed by atoms with Crippen LogP contribution in [0.25, 0.3) is 0 Å². The molecule has 1 amide bonds. The average Bonchev–Trinajstić information content (AvgIpc) is 2.67. The normalized spacial score (nSPS) is 11.0. The van der Waals surface area contributed by atoms with Crippen molar-refractivity contribution in [1.29, 1.82) is 0 Å². The summed E-state index contributed by atoms with van der Waals surface area (Å²) in [5.74, 6) is 0.581. The van der Waals surface area contributed by atoms with Gasteiger partial charge in [0.05, 0.1) is 18.6 Å². The number of amides is 1. The van der Waals surface area contributed by atoms with Crippen molar-refractivity contribution in [2.45, 2.75) is 20.4 Å². The molecular formula is C19H24N2O4S. The summed E-state index contributed by atoms with van der Waals surface area (Å²) in [4.78, 5) is 12.3. The first-order valence-corrected chi connectivity index (χ1v) is 10.0. The van der Waals surface area contributed by atoms with Crippen LogP contribution in [0.15, 0.2) is 48.5 Å². The Balaban J connectivity index is 2.03. The van der Waals surface area contributed by atoms with Gasteiger partial charge in [0, 0.05) is 18.7 Å². The van der Waals surface area contributed by atoms with Crippen molar-refractivity contribution in [1.82, 2.24) is 5.32 Å². The van der Waals surface area contributed by atoms with Crippen LogP contribution in [0.4, 0.5) is 5.69 Å². The Morgan fingerprint density at radius 1 is 1.04 bits per heavy atom. The molecule has 0 aliphatic carbocycles. The molecule has 0 heterocycles. The molecule has 0 atom stereocenters. The van der Waals surface area contributed by atoms with E-state index in [0.29, 0.717) is 24.3 Å². The lowest BCUT2D eigenvalue weighted by Gasteiger charge is -2.22. The lowest BCUT2D eigenvalue weighted by Crippen LogP contribution is -2.32. The number of methoxy groups -OCH3 is 1. The van der Waals surface area contributed by atoms with Gasteiger partial charge in [0.2, 0.25) is 10.0 Å². The lowest BCUT2D eigenvalue weighted by molar-refractivity contribution is 0.0951. The van der Waals surface area contributed by atoms with Gasteiger partial charge in [0.25, 0.3) is 5.91 Å². The third kappa shape index (κ3) is 4.76. The minimum absolute atomic E-state index is 0.0327. The van der Waals surface area contributed by atoms with Gasteiger partial charge in [-0.1, -0.05) is 12.1 Å². The molecule has 6 nitrogen and oxygen atoms in total. The van der Waals surface area contributed by atoms with Crippen molar-refractivity contribution in [3.8, 4) is 5.75 Å². The summed E-state index contributed by atoms with van der Waals surface area (Å²) >= 11 is 0. The molecule has 2 rings (SSSR count). The van der Waals surface area contributed by atoms with Gasteiger partial charge in [0.15, 0.2) is 0 Å². The number of anilines is 1. The second-order valence-electron chi connectivity index (χ2n) is 5.64. The molecule has 26 heavy (non-hydrogen) atoms. The smallest absolute Gasteiger partial charge is 0.251 e. The summed E-state index contributed by atoms with van der Waals surface area (Å²) in [5.41, 5.74) is 2.00. The van der Waals surface area contributed by atoms with Crippen LogP contribution in [-0.2, 0) is 16.6 Å². The lowest BCUT2D eigenvalue weighted by atomic mass is 10.1. The van der Waals surface area contributed by atoms with Gasteiger partial charge in [-0.25, -0.2) is 8.42 Å². The van der Waals surface area contributed by atoms with E-state index in [4.69, 9.17) is 4.74 Å². The molecule has 0 saturated carbocycles. The first-order valence-electron chi connectivity index (χ1n) is 8.42. The fraction of sp³-hybridized carbons (Fsp3) is 0.316. The number of carbonyl (C=O) groups is 1. The maximum atomic E-state index is 12.3. The number of sulfonamides is 1. The molecule has 2 aromatic carbocycles. The molecule has 0 spiro atoms. The molecule has 0 saturated heterocycles. The van der Waals surface area contributed by atoms with E-state index in [1.54, 1.807) is 45.2 Å². The Labute approximate surface area is 154 Å². The number of nitrogens with one attached hydrogen (secondary N) is 1. The zero-order chi connectivity index (χ0) is 19.2. The van der Waals surface area contributed by atoms with Crippen molar-refractivity contribution in [2.24, 2.45) is 0 Å². The van der Waals surface area contributed by atoms with E-state index < -0.39 is 10.0 Å². The summed E-state index contributed by atoms with van der Waals surface area (Å²) in [6.07, 6.45) is 0.